The summed E-state index contributed by atoms with van der Waals surface area (Å²) in [6.45, 7) is 8.22. The van der Waals surface area contributed by atoms with Gasteiger partial charge in [0.05, 0.1) is 13.2 Å². The average molecular weight is 400 g/mol. The first-order chi connectivity index (χ1) is 12.9. The van der Waals surface area contributed by atoms with E-state index in [0.29, 0.717) is 5.78 Å². The van der Waals surface area contributed by atoms with Crippen molar-refractivity contribution in [3.63, 3.8) is 0 Å². The Balaban J connectivity index is 1.63. The zero-order chi connectivity index (χ0) is 19.0. The van der Waals surface area contributed by atoms with E-state index in [0.717, 1.165) is 36.7 Å². The van der Waals surface area contributed by atoms with Gasteiger partial charge in [0, 0.05) is 31.7 Å². The fourth-order valence-electron chi connectivity index (χ4n) is 4.01. The summed E-state index contributed by atoms with van der Waals surface area (Å²) in [5.41, 5.74) is 3.49. The number of benzene rings is 2. The van der Waals surface area contributed by atoms with Crippen molar-refractivity contribution in [2.75, 3.05) is 24.7 Å². The third-order valence-electron chi connectivity index (χ3n) is 5.26. The minimum atomic E-state index is -0.0329. The van der Waals surface area contributed by atoms with Crippen LogP contribution in [0.2, 0.25) is 0 Å². The lowest BCUT2D eigenvalue weighted by Gasteiger charge is -2.31. The first-order valence-electron chi connectivity index (χ1n) is 9.60. The number of fused-ring (bicyclic) bond motifs is 2. The van der Waals surface area contributed by atoms with E-state index in [1.165, 1.54) is 20.9 Å². The number of hydrogen-bond acceptors (Lipinski definition) is 3. The Morgan fingerprint density at radius 2 is 1.74 bits per heavy atom. The van der Waals surface area contributed by atoms with Gasteiger partial charge in [0.2, 0.25) is 5.78 Å². The lowest BCUT2D eigenvalue weighted by Crippen LogP contribution is -2.47. The quantitative estimate of drug-likeness (QED) is 0.458. The largest absolute Gasteiger partial charge is 0.372 e. The molecule has 2 aromatic carbocycles. The minimum absolute atomic E-state index is 0.0329. The van der Waals surface area contributed by atoms with Crippen LogP contribution in [0.4, 0.5) is 0 Å². The Morgan fingerprint density at radius 3 is 2.48 bits per heavy atom. The lowest BCUT2D eigenvalue weighted by atomic mass is 9.86. The molecular weight excluding hydrogens is 372 g/mol. The van der Waals surface area contributed by atoms with E-state index in [9.17, 15) is 4.79 Å². The van der Waals surface area contributed by atoms with Crippen LogP contribution in [0, 0.1) is 5.41 Å². The van der Waals surface area contributed by atoms with E-state index in [1.54, 1.807) is 0 Å². The maximum absolute atomic E-state index is 13.6. The summed E-state index contributed by atoms with van der Waals surface area (Å²) in [6, 6.07) is 14.9. The van der Waals surface area contributed by atoms with Crippen molar-refractivity contribution < 1.29 is 9.53 Å². The van der Waals surface area contributed by atoms with Crippen LogP contribution in [-0.2, 0) is 22.1 Å². The molecule has 0 saturated carbocycles. The van der Waals surface area contributed by atoms with Gasteiger partial charge in [0.15, 0.2) is 5.25 Å². The van der Waals surface area contributed by atoms with Crippen LogP contribution in [0.15, 0.2) is 52.3 Å². The zero-order valence-electron chi connectivity index (χ0n) is 16.3. The number of hydrogen-bond donors (Lipinski definition) is 0. The van der Waals surface area contributed by atoms with Gasteiger partial charge in [-0.2, -0.15) is 0 Å². The topological polar surface area (TPSA) is 26.3 Å². The van der Waals surface area contributed by atoms with Crippen LogP contribution < -0.4 is 0 Å². The summed E-state index contributed by atoms with van der Waals surface area (Å²) in [6.07, 6.45) is 0.916. The van der Waals surface area contributed by atoms with Crippen molar-refractivity contribution >= 4 is 28.4 Å². The molecule has 1 fully saturated rings. The molecule has 27 heavy (non-hydrogen) atoms. The molecule has 4 rings (SSSR count). The van der Waals surface area contributed by atoms with E-state index < -0.39 is 0 Å². The molecule has 1 atom stereocenters. The monoisotopic (exact) mass is 399 g/mol. The molecule has 2 nitrogen and oxygen atoms in total. The van der Waals surface area contributed by atoms with Crippen molar-refractivity contribution in [1.82, 2.24) is 0 Å². The molecule has 4 heteroatoms. The predicted octanol–water partition coefficient (Wildman–Crippen LogP) is 4.99. The van der Waals surface area contributed by atoms with Gasteiger partial charge in [-0.25, -0.2) is 0 Å². The van der Waals surface area contributed by atoms with Gasteiger partial charge >= 0.3 is 0 Å². The molecule has 1 unspecified atom stereocenters. The van der Waals surface area contributed by atoms with Gasteiger partial charge in [-0.15, -0.1) is 0 Å². The molecule has 0 bridgehead atoms. The van der Waals surface area contributed by atoms with Crippen molar-refractivity contribution in [3.05, 3.63) is 59.2 Å². The summed E-state index contributed by atoms with van der Waals surface area (Å²) in [5.74, 6) is 2.35. The zero-order valence-corrected chi connectivity index (χ0v) is 17.9. The highest BCUT2D eigenvalue weighted by molar-refractivity contribution is 7.99. The molecule has 2 heterocycles. The molecule has 0 amide bonds. The van der Waals surface area contributed by atoms with E-state index in [-0.39, 0.29) is 21.6 Å². The van der Waals surface area contributed by atoms with Crippen LogP contribution in [-0.4, -0.2) is 35.8 Å². The summed E-state index contributed by atoms with van der Waals surface area (Å²) >= 11 is 1.82. The van der Waals surface area contributed by atoms with Crippen LogP contribution in [0.3, 0.4) is 0 Å². The van der Waals surface area contributed by atoms with Crippen LogP contribution in [0.1, 0.15) is 42.3 Å². The molecule has 0 spiro atoms. The number of rotatable bonds is 3. The number of ether oxygens (including phenoxy) is 1. The third kappa shape index (κ3) is 3.98. The molecule has 0 N–H and O–H groups in total. The van der Waals surface area contributed by atoms with E-state index in [2.05, 4.69) is 57.2 Å². The summed E-state index contributed by atoms with van der Waals surface area (Å²) in [4.78, 5) is 16.2. The minimum Gasteiger partial charge on any atom is -0.372 e. The van der Waals surface area contributed by atoms with Gasteiger partial charge in [-0.3, -0.25) is 4.79 Å². The second-order valence-corrected chi connectivity index (χ2v) is 11.8. The molecule has 1 saturated heterocycles. The van der Waals surface area contributed by atoms with Crippen LogP contribution >= 0.6 is 11.8 Å². The SMILES string of the molecule is CC(C)(C)C(C(=O)c1ccc2c(c1)Cc1ccccc1S2)[S+]1CCOCC1. The molecule has 0 aromatic heterocycles. The van der Waals surface area contributed by atoms with Crippen molar-refractivity contribution in [2.45, 2.75) is 42.2 Å². The number of carbonyl (C=O) groups excluding carboxylic acids is 1. The highest BCUT2D eigenvalue weighted by Crippen LogP contribution is 2.40. The third-order valence-corrected chi connectivity index (χ3v) is 9.46. The maximum Gasteiger partial charge on any atom is 0.215 e. The first-order valence-corrected chi connectivity index (χ1v) is 12.0. The lowest BCUT2D eigenvalue weighted by molar-refractivity contribution is 0.0946. The van der Waals surface area contributed by atoms with E-state index in [4.69, 9.17) is 4.74 Å². The summed E-state index contributed by atoms with van der Waals surface area (Å²) in [7, 11) is 0.0998. The Kier molecular flexibility index (Phi) is 5.41. The fraction of sp³-hybridized carbons (Fsp3) is 0.435. The molecular formula is C23H27O2S2+. The molecule has 2 aliphatic rings. The van der Waals surface area contributed by atoms with Crippen molar-refractivity contribution in [1.29, 1.82) is 0 Å². The summed E-state index contributed by atoms with van der Waals surface area (Å²) < 4.78 is 5.55. The highest BCUT2D eigenvalue weighted by Gasteiger charge is 2.46. The molecule has 0 radical (unpaired) electrons. The Hall–Kier alpha value is -1.23. The summed E-state index contributed by atoms with van der Waals surface area (Å²) in [5, 5.41) is 0.0722. The molecule has 142 valence electrons. The predicted molar refractivity (Wildman–Crippen MR) is 115 cm³/mol. The number of carbonyl (C=O) groups is 1. The Labute approximate surface area is 169 Å². The van der Waals surface area contributed by atoms with Crippen LogP contribution in [0.5, 0.6) is 0 Å². The van der Waals surface area contributed by atoms with Crippen molar-refractivity contribution in [3.8, 4) is 0 Å². The normalized spacial score (nSPS) is 18.5. The average Bonchev–Trinajstić information content (AvgIpc) is 2.65. The number of Topliss-reactive ketones (excluding diaryl/α,β-unsaturated/α-hetero) is 1. The second kappa shape index (κ2) is 7.65. The Bertz CT molecular complexity index is 848. The molecule has 2 aromatic rings. The van der Waals surface area contributed by atoms with E-state index >= 15 is 0 Å². The smallest absolute Gasteiger partial charge is 0.215 e. The van der Waals surface area contributed by atoms with Gasteiger partial charge < -0.3 is 4.74 Å². The number of ketones is 1. The van der Waals surface area contributed by atoms with Crippen molar-refractivity contribution in [2.24, 2.45) is 5.41 Å². The molecule has 2 aliphatic heterocycles. The van der Waals surface area contributed by atoms with Gasteiger partial charge in [0.25, 0.3) is 0 Å². The highest BCUT2D eigenvalue weighted by atomic mass is 32.2. The molecule has 0 aliphatic carbocycles. The fourth-order valence-corrected chi connectivity index (χ4v) is 7.84. The Morgan fingerprint density at radius 1 is 1.04 bits per heavy atom. The van der Waals surface area contributed by atoms with Crippen LogP contribution in [0.25, 0.3) is 0 Å². The standard InChI is InChI=1S/C23H27O2S2/c1-23(2,3)22(27-12-10-25-11-13-27)21(24)17-8-9-20-18(15-17)14-16-6-4-5-7-19(16)26-20/h4-9,15,22H,10-14H2,1-3H3/q+1. The second-order valence-electron chi connectivity index (χ2n) is 8.38. The first kappa shape index (κ1) is 19.1. The van der Waals surface area contributed by atoms with E-state index in [1.807, 2.05) is 17.8 Å². The maximum atomic E-state index is 13.6. The van der Waals surface area contributed by atoms with Gasteiger partial charge in [-0.05, 0) is 35.7 Å². The van der Waals surface area contributed by atoms with Gasteiger partial charge in [-0.1, -0.05) is 56.8 Å². The van der Waals surface area contributed by atoms with Gasteiger partial charge in [0.1, 0.15) is 11.5 Å².